The van der Waals surface area contributed by atoms with Crippen molar-refractivity contribution in [3.05, 3.63) is 54.7 Å². The summed E-state index contributed by atoms with van der Waals surface area (Å²) in [4.78, 5) is 5.01. The SMILES string of the molecule is c1cc2c(c(N3CCN(CCCCn4ccc5ccccc54)CC3)c1)OCO2. The van der Waals surface area contributed by atoms with E-state index in [1.165, 1.54) is 36.0 Å². The molecule has 0 bridgehead atoms. The van der Waals surface area contributed by atoms with Gasteiger partial charge in [0.1, 0.15) is 0 Å². The van der Waals surface area contributed by atoms with Gasteiger partial charge in [0.05, 0.1) is 5.69 Å². The highest BCUT2D eigenvalue weighted by Crippen LogP contribution is 2.41. The molecule has 5 heteroatoms. The Balaban J connectivity index is 1.09. The summed E-state index contributed by atoms with van der Waals surface area (Å²) >= 11 is 0. The molecule has 0 N–H and O–H groups in total. The summed E-state index contributed by atoms with van der Waals surface area (Å²) in [5.41, 5.74) is 2.52. The number of rotatable bonds is 6. The minimum absolute atomic E-state index is 0.336. The van der Waals surface area contributed by atoms with Gasteiger partial charge >= 0.3 is 0 Å². The number of ether oxygens (including phenoxy) is 2. The van der Waals surface area contributed by atoms with Crippen molar-refractivity contribution < 1.29 is 9.47 Å². The maximum absolute atomic E-state index is 5.68. The number of aryl methyl sites for hydroxylation is 1. The maximum Gasteiger partial charge on any atom is 0.231 e. The third kappa shape index (κ3) is 3.42. The van der Waals surface area contributed by atoms with Crippen molar-refractivity contribution >= 4 is 16.6 Å². The van der Waals surface area contributed by atoms with Crippen LogP contribution in [0.1, 0.15) is 12.8 Å². The van der Waals surface area contributed by atoms with E-state index in [0.717, 1.165) is 44.2 Å². The van der Waals surface area contributed by atoms with Crippen LogP contribution in [0.15, 0.2) is 54.7 Å². The zero-order valence-electron chi connectivity index (χ0n) is 16.2. The minimum Gasteiger partial charge on any atom is -0.454 e. The number of benzene rings is 2. The lowest BCUT2D eigenvalue weighted by atomic mass is 10.2. The first kappa shape index (κ1) is 17.4. The van der Waals surface area contributed by atoms with E-state index in [1.54, 1.807) is 0 Å². The van der Waals surface area contributed by atoms with Crippen LogP contribution in [-0.4, -0.2) is 49.0 Å². The van der Waals surface area contributed by atoms with Crippen molar-refractivity contribution in [3.8, 4) is 11.5 Å². The lowest BCUT2D eigenvalue weighted by molar-refractivity contribution is 0.174. The van der Waals surface area contributed by atoms with Gasteiger partial charge in [-0.15, -0.1) is 0 Å². The summed E-state index contributed by atoms with van der Waals surface area (Å²) in [7, 11) is 0. The molecule has 0 radical (unpaired) electrons. The van der Waals surface area contributed by atoms with Crippen LogP contribution in [0.4, 0.5) is 5.69 Å². The van der Waals surface area contributed by atoms with Crippen molar-refractivity contribution in [1.82, 2.24) is 9.47 Å². The minimum atomic E-state index is 0.336. The number of para-hydroxylation sites is 2. The van der Waals surface area contributed by atoms with Gasteiger partial charge in [-0.05, 0) is 49.0 Å². The molecular weight excluding hydrogens is 350 g/mol. The Labute approximate surface area is 166 Å². The zero-order valence-corrected chi connectivity index (χ0v) is 16.2. The van der Waals surface area contributed by atoms with Crippen molar-refractivity contribution in [3.63, 3.8) is 0 Å². The van der Waals surface area contributed by atoms with Gasteiger partial charge in [-0.1, -0.05) is 24.3 Å². The Morgan fingerprint density at radius 2 is 1.64 bits per heavy atom. The molecule has 0 unspecified atom stereocenters. The number of fused-ring (bicyclic) bond motifs is 2. The Kier molecular flexibility index (Phi) is 4.83. The maximum atomic E-state index is 5.68. The fourth-order valence-electron chi connectivity index (χ4n) is 4.33. The second-order valence-electron chi connectivity index (χ2n) is 7.61. The number of unbranched alkanes of at least 4 members (excludes halogenated alkanes) is 1. The predicted molar refractivity (Wildman–Crippen MR) is 112 cm³/mol. The first-order valence-corrected chi connectivity index (χ1v) is 10.3. The van der Waals surface area contributed by atoms with Gasteiger partial charge in [0, 0.05) is 44.4 Å². The summed E-state index contributed by atoms with van der Waals surface area (Å²) in [6.07, 6.45) is 4.67. The number of hydrogen-bond acceptors (Lipinski definition) is 4. The molecule has 5 nitrogen and oxygen atoms in total. The topological polar surface area (TPSA) is 29.9 Å². The molecule has 2 aromatic carbocycles. The van der Waals surface area contributed by atoms with E-state index < -0.39 is 0 Å². The van der Waals surface area contributed by atoms with Crippen LogP contribution in [0.3, 0.4) is 0 Å². The Morgan fingerprint density at radius 3 is 2.57 bits per heavy atom. The molecule has 3 aromatic rings. The molecule has 0 atom stereocenters. The highest BCUT2D eigenvalue weighted by Gasteiger charge is 2.24. The summed E-state index contributed by atoms with van der Waals surface area (Å²) in [5.74, 6) is 1.78. The monoisotopic (exact) mass is 377 g/mol. The van der Waals surface area contributed by atoms with Gasteiger partial charge < -0.3 is 18.9 Å². The number of aromatic nitrogens is 1. The summed E-state index contributed by atoms with van der Waals surface area (Å²) in [5, 5.41) is 1.33. The van der Waals surface area contributed by atoms with Gasteiger partial charge in [0.2, 0.25) is 6.79 Å². The molecule has 146 valence electrons. The van der Waals surface area contributed by atoms with Crippen LogP contribution in [-0.2, 0) is 6.54 Å². The Morgan fingerprint density at radius 1 is 0.786 bits per heavy atom. The normalized spacial score (nSPS) is 16.8. The number of piperazine rings is 1. The molecule has 0 saturated carbocycles. The van der Waals surface area contributed by atoms with Crippen LogP contribution in [0.5, 0.6) is 11.5 Å². The van der Waals surface area contributed by atoms with Crippen LogP contribution >= 0.6 is 0 Å². The van der Waals surface area contributed by atoms with E-state index in [2.05, 4.69) is 63.0 Å². The predicted octanol–water partition coefficient (Wildman–Crippen LogP) is 3.97. The molecule has 2 aliphatic heterocycles. The van der Waals surface area contributed by atoms with E-state index in [-0.39, 0.29) is 0 Å². The second kappa shape index (κ2) is 7.76. The molecular formula is C23H27N3O2. The Hall–Kier alpha value is -2.66. The zero-order chi connectivity index (χ0) is 18.8. The fraction of sp³-hybridized carbons (Fsp3) is 0.391. The molecule has 0 spiro atoms. The van der Waals surface area contributed by atoms with E-state index >= 15 is 0 Å². The summed E-state index contributed by atoms with van der Waals surface area (Å²) in [6.45, 7) is 6.92. The smallest absolute Gasteiger partial charge is 0.231 e. The van der Waals surface area contributed by atoms with E-state index in [4.69, 9.17) is 9.47 Å². The molecule has 28 heavy (non-hydrogen) atoms. The standard InChI is InChI=1S/C23H27N3O2/c1-2-7-20-19(6-1)10-13-25(20)12-4-3-11-24-14-16-26(17-15-24)21-8-5-9-22-23(21)28-18-27-22/h1-2,5-10,13H,3-4,11-12,14-18H2. The van der Waals surface area contributed by atoms with Gasteiger partial charge in [-0.2, -0.15) is 0 Å². The van der Waals surface area contributed by atoms with Crippen molar-refractivity contribution in [2.75, 3.05) is 44.4 Å². The molecule has 5 rings (SSSR count). The second-order valence-corrected chi connectivity index (χ2v) is 7.61. The molecule has 3 heterocycles. The number of nitrogens with zero attached hydrogens (tertiary/aromatic N) is 3. The molecule has 0 amide bonds. The quantitative estimate of drug-likeness (QED) is 0.608. The molecule has 1 saturated heterocycles. The third-order valence-electron chi connectivity index (χ3n) is 5.89. The first-order chi connectivity index (χ1) is 13.9. The van der Waals surface area contributed by atoms with Crippen LogP contribution < -0.4 is 14.4 Å². The van der Waals surface area contributed by atoms with Crippen molar-refractivity contribution in [1.29, 1.82) is 0 Å². The highest BCUT2D eigenvalue weighted by molar-refractivity contribution is 5.79. The Bertz CT molecular complexity index is 944. The van der Waals surface area contributed by atoms with Crippen molar-refractivity contribution in [2.45, 2.75) is 19.4 Å². The molecule has 1 aromatic heterocycles. The lowest BCUT2D eigenvalue weighted by Gasteiger charge is -2.36. The van der Waals surface area contributed by atoms with Gasteiger partial charge in [0.25, 0.3) is 0 Å². The third-order valence-corrected chi connectivity index (χ3v) is 5.89. The van der Waals surface area contributed by atoms with Crippen LogP contribution in [0.25, 0.3) is 10.9 Å². The highest BCUT2D eigenvalue weighted by atomic mass is 16.7. The largest absolute Gasteiger partial charge is 0.454 e. The lowest BCUT2D eigenvalue weighted by Crippen LogP contribution is -2.46. The average Bonchev–Trinajstić information content (AvgIpc) is 3.39. The summed E-state index contributed by atoms with van der Waals surface area (Å²) in [6, 6.07) is 17.0. The van der Waals surface area contributed by atoms with Gasteiger partial charge in [-0.25, -0.2) is 0 Å². The fourth-order valence-corrected chi connectivity index (χ4v) is 4.33. The van der Waals surface area contributed by atoms with E-state index in [0.29, 0.717) is 6.79 Å². The number of hydrogen-bond donors (Lipinski definition) is 0. The number of anilines is 1. The van der Waals surface area contributed by atoms with E-state index in [1.807, 2.05) is 6.07 Å². The molecule has 1 fully saturated rings. The van der Waals surface area contributed by atoms with Gasteiger partial charge in [-0.3, -0.25) is 4.90 Å². The van der Waals surface area contributed by atoms with Gasteiger partial charge in [0.15, 0.2) is 11.5 Å². The van der Waals surface area contributed by atoms with Crippen LogP contribution in [0.2, 0.25) is 0 Å². The van der Waals surface area contributed by atoms with E-state index in [9.17, 15) is 0 Å². The molecule has 2 aliphatic rings. The van der Waals surface area contributed by atoms with Crippen molar-refractivity contribution in [2.24, 2.45) is 0 Å². The first-order valence-electron chi connectivity index (χ1n) is 10.3. The molecule has 0 aliphatic carbocycles. The van der Waals surface area contributed by atoms with Crippen LogP contribution in [0, 0.1) is 0 Å². The average molecular weight is 377 g/mol. The summed E-state index contributed by atoms with van der Waals surface area (Å²) < 4.78 is 13.6.